The van der Waals surface area contributed by atoms with Crippen LogP contribution in [-0.4, -0.2) is 47.6 Å². The van der Waals surface area contributed by atoms with E-state index in [1.54, 1.807) is 8.49 Å². The first-order valence-electron chi connectivity index (χ1n) is 5.57. The van der Waals surface area contributed by atoms with Gasteiger partial charge >= 0.3 is 95.1 Å². The van der Waals surface area contributed by atoms with Gasteiger partial charge in [-0.25, -0.2) is 0 Å². The predicted octanol–water partition coefficient (Wildman–Crippen LogP) is 2.42. The molecule has 1 saturated heterocycles. The molecule has 0 aromatic rings. The Morgan fingerprint density at radius 3 is 2.60 bits per heavy atom. The second kappa shape index (κ2) is 3.68. The molecule has 2 atom stereocenters. The van der Waals surface area contributed by atoms with Crippen LogP contribution in [0.25, 0.3) is 0 Å². The van der Waals surface area contributed by atoms with E-state index in [4.69, 9.17) is 5.11 Å². The topological polar surface area (TPSA) is 40.5 Å². The van der Waals surface area contributed by atoms with Gasteiger partial charge in [-0.05, 0) is 0 Å². The number of rotatable bonds is 1. The molecule has 15 heavy (non-hydrogen) atoms. The van der Waals surface area contributed by atoms with Gasteiger partial charge in [0.1, 0.15) is 0 Å². The molecular formula is C11H19NO2Sn. The molecule has 1 amide bonds. The summed E-state index contributed by atoms with van der Waals surface area (Å²) in [5, 5.41) is 8.91. The van der Waals surface area contributed by atoms with Crippen LogP contribution in [0.5, 0.6) is 0 Å². The number of nitrogens with zero attached hydrogens (tertiary/aromatic N) is 1. The average molecular weight is 316 g/mol. The summed E-state index contributed by atoms with van der Waals surface area (Å²) in [7, 11) is 0. The average Bonchev–Trinajstić information content (AvgIpc) is 2.55. The number of likely N-dealkylation sites (tertiary alicyclic amines) is 1. The monoisotopic (exact) mass is 317 g/mol. The molecule has 0 unspecified atom stereocenters. The fourth-order valence-electron chi connectivity index (χ4n) is 2.62. The SMILES string of the molecule is [CH3][Sn]([CH3])([CH3])[C]1=C[C@H]2CN(C(=O)O)C[C@H]2C1. The number of carboxylic acid groups (broad SMARTS) is 1. The summed E-state index contributed by atoms with van der Waals surface area (Å²) in [6.07, 6.45) is 2.83. The molecule has 0 radical (unpaired) electrons. The zero-order chi connectivity index (χ0) is 11.2. The molecule has 1 aliphatic carbocycles. The van der Waals surface area contributed by atoms with Gasteiger partial charge in [0.2, 0.25) is 0 Å². The van der Waals surface area contributed by atoms with Gasteiger partial charge in [-0.3, -0.25) is 0 Å². The summed E-state index contributed by atoms with van der Waals surface area (Å²) < 4.78 is 1.71. The third kappa shape index (κ3) is 2.17. The molecule has 0 aromatic heterocycles. The molecule has 3 nitrogen and oxygen atoms in total. The first kappa shape index (κ1) is 11.3. The van der Waals surface area contributed by atoms with Crippen molar-refractivity contribution in [1.82, 2.24) is 4.90 Å². The number of amides is 1. The van der Waals surface area contributed by atoms with Gasteiger partial charge in [-0.1, -0.05) is 0 Å². The number of hydrogen-bond donors (Lipinski definition) is 1. The first-order valence-corrected chi connectivity index (χ1v) is 15.6. The Hall–Kier alpha value is -0.191. The molecule has 1 heterocycles. The molecule has 0 saturated carbocycles. The summed E-state index contributed by atoms with van der Waals surface area (Å²) in [5.74, 6) is 1.11. The van der Waals surface area contributed by atoms with Crippen LogP contribution in [0.3, 0.4) is 0 Å². The summed E-state index contributed by atoms with van der Waals surface area (Å²) in [6, 6.07) is 0. The zero-order valence-electron chi connectivity index (χ0n) is 9.66. The van der Waals surface area contributed by atoms with Crippen molar-refractivity contribution < 1.29 is 9.90 Å². The second-order valence-corrected chi connectivity index (χ2v) is 20.4. The van der Waals surface area contributed by atoms with Crippen LogP contribution in [0.4, 0.5) is 4.79 Å². The predicted molar refractivity (Wildman–Crippen MR) is 62.6 cm³/mol. The van der Waals surface area contributed by atoms with Crippen molar-refractivity contribution in [3.63, 3.8) is 0 Å². The van der Waals surface area contributed by atoms with Crippen LogP contribution < -0.4 is 0 Å². The quantitative estimate of drug-likeness (QED) is 0.755. The van der Waals surface area contributed by atoms with E-state index in [9.17, 15) is 4.79 Å². The Morgan fingerprint density at radius 1 is 1.47 bits per heavy atom. The van der Waals surface area contributed by atoms with Gasteiger partial charge in [0.05, 0.1) is 0 Å². The van der Waals surface area contributed by atoms with Crippen LogP contribution in [0.1, 0.15) is 6.42 Å². The summed E-state index contributed by atoms with van der Waals surface area (Å²) in [6.45, 7) is 1.48. The first-order chi connectivity index (χ1) is 6.88. The van der Waals surface area contributed by atoms with Crippen molar-refractivity contribution in [2.75, 3.05) is 13.1 Å². The third-order valence-corrected chi connectivity index (χ3v) is 10.2. The maximum atomic E-state index is 10.8. The van der Waals surface area contributed by atoms with Gasteiger partial charge in [-0.15, -0.1) is 0 Å². The van der Waals surface area contributed by atoms with E-state index in [1.165, 1.54) is 6.42 Å². The fraction of sp³-hybridized carbons (Fsp3) is 0.727. The molecule has 0 aromatic carbocycles. The molecule has 0 spiro atoms. The summed E-state index contributed by atoms with van der Waals surface area (Å²) in [4.78, 5) is 19.7. The number of carbonyl (C=O) groups is 1. The second-order valence-electron chi connectivity index (χ2n) is 5.76. The number of fused-ring (bicyclic) bond motifs is 1. The van der Waals surface area contributed by atoms with Gasteiger partial charge < -0.3 is 0 Å². The Balaban J connectivity index is 2.07. The van der Waals surface area contributed by atoms with E-state index < -0.39 is 24.5 Å². The van der Waals surface area contributed by atoms with E-state index in [-0.39, 0.29) is 0 Å². The maximum absolute atomic E-state index is 10.8. The van der Waals surface area contributed by atoms with Gasteiger partial charge in [0, 0.05) is 0 Å². The Labute approximate surface area is 95.0 Å². The van der Waals surface area contributed by atoms with E-state index in [0.29, 0.717) is 11.8 Å². The third-order valence-electron chi connectivity index (χ3n) is 3.62. The van der Waals surface area contributed by atoms with Gasteiger partial charge in [0.15, 0.2) is 0 Å². The minimum atomic E-state index is -1.86. The van der Waals surface area contributed by atoms with Crippen LogP contribution in [0, 0.1) is 11.8 Å². The van der Waals surface area contributed by atoms with Crippen LogP contribution in [0.2, 0.25) is 14.8 Å². The Morgan fingerprint density at radius 2 is 2.13 bits per heavy atom. The number of hydrogen-bond acceptors (Lipinski definition) is 1. The Kier molecular flexibility index (Phi) is 2.77. The van der Waals surface area contributed by atoms with Crippen LogP contribution >= 0.6 is 0 Å². The van der Waals surface area contributed by atoms with Crippen molar-refractivity contribution >= 4 is 24.5 Å². The van der Waals surface area contributed by atoms with E-state index in [1.807, 2.05) is 0 Å². The number of allylic oxidation sites excluding steroid dienone is 1. The molecule has 1 fully saturated rings. The van der Waals surface area contributed by atoms with Crippen molar-refractivity contribution in [2.24, 2.45) is 11.8 Å². The molecule has 2 aliphatic rings. The molecule has 0 bridgehead atoms. The fourth-order valence-corrected chi connectivity index (χ4v) is 7.16. The van der Waals surface area contributed by atoms with Crippen molar-refractivity contribution in [1.29, 1.82) is 0 Å². The van der Waals surface area contributed by atoms with Crippen molar-refractivity contribution in [2.45, 2.75) is 21.2 Å². The van der Waals surface area contributed by atoms with Gasteiger partial charge in [0.25, 0.3) is 0 Å². The minimum absolute atomic E-state index is 0.520. The van der Waals surface area contributed by atoms with Crippen molar-refractivity contribution in [3.05, 3.63) is 9.67 Å². The molecule has 4 heteroatoms. The molecule has 84 valence electrons. The zero-order valence-corrected chi connectivity index (χ0v) is 12.5. The molecule has 2 rings (SSSR count). The Bertz CT molecular complexity index is 319. The van der Waals surface area contributed by atoms with Crippen LogP contribution in [-0.2, 0) is 0 Å². The molecule has 1 N–H and O–H groups in total. The van der Waals surface area contributed by atoms with Crippen molar-refractivity contribution in [3.8, 4) is 0 Å². The van der Waals surface area contributed by atoms with E-state index in [2.05, 4.69) is 20.9 Å². The molecular weight excluding hydrogens is 297 g/mol. The normalized spacial score (nSPS) is 30.3. The molecule has 1 aliphatic heterocycles. The van der Waals surface area contributed by atoms with E-state index >= 15 is 0 Å². The summed E-state index contributed by atoms with van der Waals surface area (Å²) in [5.41, 5.74) is 0. The summed E-state index contributed by atoms with van der Waals surface area (Å²) >= 11 is -1.86. The van der Waals surface area contributed by atoms with E-state index in [0.717, 1.165) is 13.1 Å². The van der Waals surface area contributed by atoms with Crippen LogP contribution in [0.15, 0.2) is 9.67 Å². The standard InChI is InChI=1S/C8H10NO2.3CH3.Sn/c10-8(11)9-4-6-2-1-3-7(6)5-9;;;;/h2,6-7H,3-5H2,(H,10,11);3*1H3;/t6-,7+;;;;/m0..../s1. The van der Waals surface area contributed by atoms with Gasteiger partial charge in [-0.2, -0.15) is 0 Å².